The molecule has 0 aromatic heterocycles. The van der Waals surface area contributed by atoms with Crippen LogP contribution in [0, 0.1) is 3.57 Å². The summed E-state index contributed by atoms with van der Waals surface area (Å²) in [5, 5.41) is 8.78. The summed E-state index contributed by atoms with van der Waals surface area (Å²) in [5.74, 6) is -1.62. The molecule has 0 aliphatic heterocycles. The highest BCUT2D eigenvalue weighted by molar-refractivity contribution is 14.1. The van der Waals surface area contributed by atoms with Crippen molar-refractivity contribution in [2.75, 3.05) is 0 Å². The molecule has 3 nitrogen and oxygen atoms in total. The zero-order valence-corrected chi connectivity index (χ0v) is 12.5. The lowest BCUT2D eigenvalue weighted by atomic mass is 10.1. The highest BCUT2D eigenvalue weighted by Gasteiger charge is 2.35. The van der Waals surface area contributed by atoms with Crippen molar-refractivity contribution in [3.8, 4) is 11.5 Å². The van der Waals surface area contributed by atoms with Gasteiger partial charge in [-0.05, 0) is 59.0 Å². The van der Waals surface area contributed by atoms with Gasteiger partial charge in [0.25, 0.3) is 0 Å². The number of rotatable bonds is 3. The van der Waals surface area contributed by atoms with Gasteiger partial charge in [-0.3, -0.25) is 0 Å². The Balaban J connectivity index is 2.45. The van der Waals surface area contributed by atoms with E-state index in [9.17, 15) is 18.0 Å². The van der Waals surface area contributed by atoms with Gasteiger partial charge < -0.3 is 9.84 Å². The Hall–Kier alpha value is -1.77. The van der Waals surface area contributed by atoms with Gasteiger partial charge in [-0.25, -0.2) is 4.79 Å². The van der Waals surface area contributed by atoms with E-state index in [4.69, 9.17) is 9.84 Å². The van der Waals surface area contributed by atoms with Crippen molar-refractivity contribution in [3.05, 3.63) is 57.2 Å². The first-order valence-corrected chi connectivity index (χ1v) is 6.73. The SMILES string of the molecule is O=C(O)c1ccc(Oc2cccc(I)c2)c(C(F)(F)F)c1. The van der Waals surface area contributed by atoms with E-state index in [1.807, 2.05) is 22.6 Å². The Bertz CT molecular complexity index is 683. The highest BCUT2D eigenvalue weighted by Crippen LogP contribution is 2.38. The largest absolute Gasteiger partial charge is 0.478 e. The average molecular weight is 408 g/mol. The van der Waals surface area contributed by atoms with E-state index in [0.717, 1.165) is 15.7 Å². The monoisotopic (exact) mass is 408 g/mol. The summed E-state index contributed by atoms with van der Waals surface area (Å²) in [6.07, 6.45) is -4.71. The Morgan fingerprint density at radius 1 is 1.14 bits per heavy atom. The highest BCUT2D eigenvalue weighted by atomic mass is 127. The lowest BCUT2D eigenvalue weighted by Gasteiger charge is -2.14. The first-order valence-electron chi connectivity index (χ1n) is 5.65. The van der Waals surface area contributed by atoms with Crippen LogP contribution in [0.5, 0.6) is 11.5 Å². The molecule has 21 heavy (non-hydrogen) atoms. The van der Waals surface area contributed by atoms with Gasteiger partial charge in [0, 0.05) is 3.57 Å². The molecule has 0 fully saturated rings. The Morgan fingerprint density at radius 3 is 2.43 bits per heavy atom. The first kappa shape index (κ1) is 15.6. The summed E-state index contributed by atoms with van der Waals surface area (Å²) in [6.45, 7) is 0. The van der Waals surface area contributed by atoms with Crippen molar-refractivity contribution in [2.24, 2.45) is 0 Å². The van der Waals surface area contributed by atoms with Crippen LogP contribution in [0.4, 0.5) is 13.2 Å². The molecule has 110 valence electrons. The van der Waals surface area contributed by atoms with Crippen LogP contribution in [0.1, 0.15) is 15.9 Å². The van der Waals surface area contributed by atoms with Crippen LogP contribution < -0.4 is 4.74 Å². The van der Waals surface area contributed by atoms with E-state index in [-0.39, 0.29) is 5.75 Å². The van der Waals surface area contributed by atoms with Crippen LogP contribution in [-0.2, 0) is 6.18 Å². The fraction of sp³-hybridized carbons (Fsp3) is 0.0714. The molecule has 2 rings (SSSR count). The molecule has 0 unspecified atom stereocenters. The molecule has 0 saturated carbocycles. The predicted molar refractivity (Wildman–Crippen MR) is 77.6 cm³/mol. The van der Waals surface area contributed by atoms with E-state index in [2.05, 4.69) is 0 Å². The molecule has 0 amide bonds. The molecule has 0 radical (unpaired) electrons. The number of carboxylic acids is 1. The molecule has 0 aliphatic rings. The number of benzene rings is 2. The lowest BCUT2D eigenvalue weighted by molar-refractivity contribution is -0.138. The maximum absolute atomic E-state index is 13.0. The molecular formula is C14H8F3IO3. The first-order chi connectivity index (χ1) is 9.77. The number of hydrogen-bond acceptors (Lipinski definition) is 2. The molecular weight excluding hydrogens is 400 g/mol. The van der Waals surface area contributed by atoms with Crippen molar-refractivity contribution >= 4 is 28.6 Å². The Labute approximate surface area is 131 Å². The third-order valence-electron chi connectivity index (χ3n) is 2.56. The lowest BCUT2D eigenvalue weighted by Crippen LogP contribution is -2.09. The van der Waals surface area contributed by atoms with E-state index < -0.39 is 29.0 Å². The summed E-state index contributed by atoms with van der Waals surface area (Å²) in [5.41, 5.74) is -1.57. The standard InChI is InChI=1S/C14H8F3IO3/c15-14(16,17)11-6-8(13(19)20)4-5-12(11)21-10-3-1-2-9(18)7-10/h1-7H,(H,19,20). The molecule has 0 spiro atoms. The molecule has 0 bridgehead atoms. The fourth-order valence-electron chi connectivity index (χ4n) is 1.63. The van der Waals surface area contributed by atoms with E-state index in [1.165, 1.54) is 6.07 Å². The zero-order valence-electron chi connectivity index (χ0n) is 10.3. The minimum absolute atomic E-state index is 0.246. The molecule has 1 N–H and O–H groups in total. The van der Waals surface area contributed by atoms with E-state index in [0.29, 0.717) is 6.07 Å². The van der Waals surface area contributed by atoms with E-state index in [1.54, 1.807) is 18.2 Å². The van der Waals surface area contributed by atoms with Gasteiger partial charge in [0.2, 0.25) is 0 Å². The number of carbonyl (C=O) groups is 1. The Kier molecular flexibility index (Phi) is 4.40. The van der Waals surface area contributed by atoms with Gasteiger partial charge >= 0.3 is 12.1 Å². The minimum atomic E-state index is -4.71. The van der Waals surface area contributed by atoms with Gasteiger partial charge in [-0.2, -0.15) is 13.2 Å². The maximum atomic E-state index is 13.0. The van der Waals surface area contributed by atoms with Crippen LogP contribution in [0.2, 0.25) is 0 Å². The van der Waals surface area contributed by atoms with Crippen LogP contribution in [0.25, 0.3) is 0 Å². The number of halogens is 4. The summed E-state index contributed by atoms with van der Waals surface area (Å²) >= 11 is 2.01. The second-order valence-electron chi connectivity index (χ2n) is 4.07. The zero-order chi connectivity index (χ0) is 15.6. The molecule has 2 aromatic carbocycles. The van der Waals surface area contributed by atoms with Crippen molar-refractivity contribution in [1.82, 2.24) is 0 Å². The minimum Gasteiger partial charge on any atom is -0.478 e. The topological polar surface area (TPSA) is 46.5 Å². The second kappa shape index (κ2) is 5.92. The molecule has 0 aliphatic carbocycles. The number of carboxylic acid groups (broad SMARTS) is 1. The third kappa shape index (κ3) is 3.87. The van der Waals surface area contributed by atoms with Crippen LogP contribution in [-0.4, -0.2) is 11.1 Å². The third-order valence-corrected chi connectivity index (χ3v) is 3.23. The molecule has 0 saturated heterocycles. The normalized spacial score (nSPS) is 11.2. The number of ether oxygens (including phenoxy) is 1. The van der Waals surface area contributed by atoms with Crippen molar-refractivity contribution < 1.29 is 27.8 Å². The van der Waals surface area contributed by atoms with Gasteiger partial charge in [-0.15, -0.1) is 0 Å². The summed E-state index contributed by atoms with van der Waals surface area (Å²) < 4.78 is 45.0. The molecule has 0 atom stereocenters. The van der Waals surface area contributed by atoms with Crippen molar-refractivity contribution in [2.45, 2.75) is 6.18 Å². The predicted octanol–water partition coefficient (Wildman–Crippen LogP) is 4.80. The van der Waals surface area contributed by atoms with E-state index >= 15 is 0 Å². The van der Waals surface area contributed by atoms with Crippen LogP contribution in [0.3, 0.4) is 0 Å². The van der Waals surface area contributed by atoms with Gasteiger partial charge in [-0.1, -0.05) is 6.07 Å². The summed E-state index contributed by atoms with van der Waals surface area (Å²) in [7, 11) is 0. The maximum Gasteiger partial charge on any atom is 0.420 e. The number of hydrogen-bond donors (Lipinski definition) is 1. The number of alkyl halides is 3. The van der Waals surface area contributed by atoms with Crippen molar-refractivity contribution in [1.29, 1.82) is 0 Å². The van der Waals surface area contributed by atoms with Crippen molar-refractivity contribution in [3.63, 3.8) is 0 Å². The Morgan fingerprint density at radius 2 is 1.86 bits per heavy atom. The average Bonchev–Trinajstić information content (AvgIpc) is 2.37. The van der Waals surface area contributed by atoms with Gasteiger partial charge in [0.1, 0.15) is 11.5 Å². The smallest absolute Gasteiger partial charge is 0.420 e. The quantitative estimate of drug-likeness (QED) is 0.743. The summed E-state index contributed by atoms with van der Waals surface area (Å²) in [4.78, 5) is 10.8. The molecule has 7 heteroatoms. The molecule has 2 aromatic rings. The molecule has 0 heterocycles. The summed E-state index contributed by atoms with van der Waals surface area (Å²) in [6, 6.07) is 9.15. The second-order valence-corrected chi connectivity index (χ2v) is 5.32. The van der Waals surface area contributed by atoms with Gasteiger partial charge in [0.15, 0.2) is 0 Å². The van der Waals surface area contributed by atoms with Gasteiger partial charge in [0.05, 0.1) is 11.1 Å². The fourth-order valence-corrected chi connectivity index (χ4v) is 2.15. The van der Waals surface area contributed by atoms with Crippen LogP contribution in [0.15, 0.2) is 42.5 Å². The number of aromatic carboxylic acids is 1. The van der Waals surface area contributed by atoms with Crippen LogP contribution >= 0.6 is 22.6 Å².